The van der Waals surface area contributed by atoms with Gasteiger partial charge in [-0.05, 0) is 35.6 Å². The normalized spacial score (nSPS) is 10.2. The summed E-state index contributed by atoms with van der Waals surface area (Å²) in [5.74, 6) is 0.688. The first-order valence-corrected chi connectivity index (χ1v) is 8.23. The maximum atomic E-state index is 12.3. The average Bonchev–Trinajstić information content (AvgIpc) is 3.06. The minimum atomic E-state index is -0.0344. The Balaban J connectivity index is 1.90. The van der Waals surface area contributed by atoms with Crippen LogP contribution in [0.2, 0.25) is 0 Å². The predicted molar refractivity (Wildman–Crippen MR) is 91.2 cm³/mol. The highest BCUT2D eigenvalue weighted by Gasteiger charge is 2.14. The van der Waals surface area contributed by atoms with Crippen molar-refractivity contribution >= 4 is 17.2 Å². The summed E-state index contributed by atoms with van der Waals surface area (Å²) in [7, 11) is 0. The van der Waals surface area contributed by atoms with Crippen molar-refractivity contribution in [1.29, 1.82) is 0 Å². The average molecular weight is 315 g/mol. The van der Waals surface area contributed by atoms with Crippen molar-refractivity contribution < 1.29 is 9.53 Å². The molecule has 0 aliphatic carbocycles. The number of carbonyl (C=O) groups excluding carboxylic acids is 1. The highest BCUT2D eigenvalue weighted by molar-refractivity contribution is 7.09. The number of nitrogens with zero attached hydrogens (tertiary/aromatic N) is 1. The van der Waals surface area contributed by atoms with Gasteiger partial charge in [0.25, 0.3) is 5.91 Å². The van der Waals surface area contributed by atoms with E-state index in [1.54, 1.807) is 22.3 Å². The summed E-state index contributed by atoms with van der Waals surface area (Å²) >= 11 is 1.64. The molecular formula is C18H21NO2S. The topological polar surface area (TPSA) is 29.5 Å². The van der Waals surface area contributed by atoms with E-state index >= 15 is 0 Å². The molecule has 1 aromatic carbocycles. The minimum absolute atomic E-state index is 0.0344. The van der Waals surface area contributed by atoms with Crippen molar-refractivity contribution in [2.24, 2.45) is 0 Å². The second-order valence-corrected chi connectivity index (χ2v) is 5.96. The van der Waals surface area contributed by atoms with Gasteiger partial charge in [0.15, 0.2) is 6.61 Å². The Morgan fingerprint density at radius 3 is 2.68 bits per heavy atom. The SMILES string of the molecule is C=CCN(Cc1cccs1)C(=O)COc1ccc(CC)cc1. The highest BCUT2D eigenvalue weighted by atomic mass is 32.1. The van der Waals surface area contributed by atoms with E-state index in [4.69, 9.17) is 4.74 Å². The monoisotopic (exact) mass is 315 g/mol. The Bertz CT molecular complexity index is 590. The third kappa shape index (κ3) is 4.74. The van der Waals surface area contributed by atoms with Gasteiger partial charge in [-0.1, -0.05) is 31.2 Å². The minimum Gasteiger partial charge on any atom is -0.484 e. The van der Waals surface area contributed by atoms with Crippen molar-refractivity contribution in [2.75, 3.05) is 13.2 Å². The van der Waals surface area contributed by atoms with Crippen molar-refractivity contribution in [2.45, 2.75) is 19.9 Å². The fourth-order valence-electron chi connectivity index (χ4n) is 2.06. The van der Waals surface area contributed by atoms with Gasteiger partial charge in [0.1, 0.15) is 5.75 Å². The molecule has 0 aliphatic heterocycles. The first-order chi connectivity index (χ1) is 10.7. The Hall–Kier alpha value is -2.07. The van der Waals surface area contributed by atoms with Gasteiger partial charge < -0.3 is 9.64 Å². The smallest absolute Gasteiger partial charge is 0.261 e. The van der Waals surface area contributed by atoms with Crippen LogP contribution >= 0.6 is 11.3 Å². The predicted octanol–water partition coefficient (Wildman–Crippen LogP) is 3.90. The van der Waals surface area contributed by atoms with E-state index in [-0.39, 0.29) is 12.5 Å². The molecule has 0 saturated carbocycles. The van der Waals surface area contributed by atoms with Crippen LogP contribution in [-0.2, 0) is 17.8 Å². The summed E-state index contributed by atoms with van der Waals surface area (Å²) in [4.78, 5) is 15.2. The quantitative estimate of drug-likeness (QED) is 0.691. The number of hydrogen-bond donors (Lipinski definition) is 0. The molecule has 0 spiro atoms. The summed E-state index contributed by atoms with van der Waals surface area (Å²) in [6.45, 7) is 6.99. The van der Waals surface area contributed by atoms with Gasteiger partial charge in [-0.2, -0.15) is 0 Å². The molecule has 0 N–H and O–H groups in total. The zero-order valence-electron chi connectivity index (χ0n) is 12.8. The van der Waals surface area contributed by atoms with E-state index in [0.29, 0.717) is 13.1 Å². The van der Waals surface area contributed by atoms with Gasteiger partial charge >= 0.3 is 0 Å². The number of carbonyl (C=O) groups is 1. The van der Waals surface area contributed by atoms with Gasteiger partial charge in [0, 0.05) is 11.4 Å². The third-order valence-electron chi connectivity index (χ3n) is 3.32. The second-order valence-electron chi connectivity index (χ2n) is 4.93. The molecule has 2 aromatic rings. The number of hydrogen-bond acceptors (Lipinski definition) is 3. The fourth-order valence-corrected chi connectivity index (χ4v) is 2.78. The lowest BCUT2D eigenvalue weighted by Gasteiger charge is -2.20. The van der Waals surface area contributed by atoms with E-state index < -0.39 is 0 Å². The molecule has 1 aromatic heterocycles. The molecule has 0 atom stereocenters. The summed E-state index contributed by atoms with van der Waals surface area (Å²) in [5.41, 5.74) is 1.25. The Kier molecular flexibility index (Phi) is 6.22. The van der Waals surface area contributed by atoms with E-state index in [9.17, 15) is 4.79 Å². The lowest BCUT2D eigenvalue weighted by atomic mass is 10.2. The molecule has 4 heteroatoms. The molecule has 1 amide bonds. The van der Waals surface area contributed by atoms with Crippen LogP contribution in [0.5, 0.6) is 5.75 Å². The molecule has 0 radical (unpaired) electrons. The number of amides is 1. The summed E-state index contributed by atoms with van der Waals surface area (Å²) in [6, 6.07) is 11.9. The van der Waals surface area contributed by atoms with Crippen LogP contribution in [0.3, 0.4) is 0 Å². The zero-order valence-corrected chi connectivity index (χ0v) is 13.6. The first-order valence-electron chi connectivity index (χ1n) is 7.35. The Morgan fingerprint density at radius 1 is 1.32 bits per heavy atom. The Labute approximate surface area is 135 Å². The molecule has 0 fully saturated rings. The molecule has 0 unspecified atom stereocenters. The van der Waals surface area contributed by atoms with Gasteiger partial charge in [0.2, 0.25) is 0 Å². The molecule has 3 nitrogen and oxygen atoms in total. The van der Waals surface area contributed by atoms with Crippen LogP contribution in [0, 0.1) is 0 Å². The summed E-state index contributed by atoms with van der Waals surface area (Å²) in [5, 5.41) is 2.01. The van der Waals surface area contributed by atoms with E-state index in [1.165, 1.54) is 5.56 Å². The molecule has 0 aliphatic rings. The van der Waals surface area contributed by atoms with Crippen LogP contribution in [0.4, 0.5) is 0 Å². The van der Waals surface area contributed by atoms with Crippen LogP contribution in [0.25, 0.3) is 0 Å². The summed E-state index contributed by atoms with van der Waals surface area (Å²) < 4.78 is 5.59. The molecular weight excluding hydrogens is 294 g/mol. The number of ether oxygens (including phenoxy) is 1. The molecule has 22 heavy (non-hydrogen) atoms. The van der Waals surface area contributed by atoms with Crippen molar-refractivity contribution in [3.63, 3.8) is 0 Å². The molecule has 0 bridgehead atoms. The number of rotatable bonds is 8. The van der Waals surface area contributed by atoms with Crippen LogP contribution in [0.1, 0.15) is 17.4 Å². The largest absolute Gasteiger partial charge is 0.484 e. The zero-order chi connectivity index (χ0) is 15.8. The second kappa shape index (κ2) is 8.39. The van der Waals surface area contributed by atoms with Crippen LogP contribution in [0.15, 0.2) is 54.4 Å². The van der Waals surface area contributed by atoms with Gasteiger partial charge in [-0.3, -0.25) is 4.79 Å². The van der Waals surface area contributed by atoms with E-state index in [0.717, 1.165) is 17.0 Å². The lowest BCUT2D eigenvalue weighted by molar-refractivity contribution is -0.133. The fraction of sp³-hybridized carbons (Fsp3) is 0.278. The van der Waals surface area contributed by atoms with Gasteiger partial charge in [-0.25, -0.2) is 0 Å². The van der Waals surface area contributed by atoms with Crippen molar-refractivity contribution in [1.82, 2.24) is 4.90 Å². The molecule has 1 heterocycles. The standard InChI is InChI=1S/C18H21NO2S/c1-3-11-19(13-17-6-5-12-22-17)18(20)14-21-16-9-7-15(4-2)8-10-16/h3,5-10,12H,1,4,11,13-14H2,2H3. The molecule has 2 rings (SSSR count). The number of thiophene rings is 1. The Morgan fingerprint density at radius 2 is 2.09 bits per heavy atom. The maximum Gasteiger partial charge on any atom is 0.261 e. The van der Waals surface area contributed by atoms with Gasteiger partial charge in [0.05, 0.1) is 6.54 Å². The molecule has 116 valence electrons. The van der Waals surface area contributed by atoms with Crippen molar-refractivity contribution in [3.8, 4) is 5.75 Å². The van der Waals surface area contributed by atoms with Crippen LogP contribution in [-0.4, -0.2) is 24.0 Å². The van der Waals surface area contributed by atoms with Crippen LogP contribution < -0.4 is 4.74 Å². The lowest BCUT2D eigenvalue weighted by Crippen LogP contribution is -2.34. The van der Waals surface area contributed by atoms with E-state index in [1.807, 2.05) is 41.8 Å². The maximum absolute atomic E-state index is 12.3. The molecule has 0 saturated heterocycles. The number of benzene rings is 1. The highest BCUT2D eigenvalue weighted by Crippen LogP contribution is 2.14. The van der Waals surface area contributed by atoms with Gasteiger partial charge in [-0.15, -0.1) is 17.9 Å². The van der Waals surface area contributed by atoms with Crippen molar-refractivity contribution in [3.05, 3.63) is 64.9 Å². The summed E-state index contributed by atoms with van der Waals surface area (Å²) in [6.07, 6.45) is 2.73. The first kappa shape index (κ1) is 16.3. The van der Waals surface area contributed by atoms with E-state index in [2.05, 4.69) is 13.5 Å². The number of aryl methyl sites for hydroxylation is 1. The third-order valence-corrected chi connectivity index (χ3v) is 4.18.